The Morgan fingerprint density at radius 2 is 2.12 bits per heavy atom. The molecule has 2 heterocycles. The van der Waals surface area contributed by atoms with Crippen LogP contribution in [-0.4, -0.2) is 40.4 Å². The van der Waals surface area contributed by atoms with Gasteiger partial charge in [-0.15, -0.1) is 11.3 Å². The Kier molecular flexibility index (Phi) is 5.09. The third-order valence-corrected chi connectivity index (χ3v) is 6.68. The number of ether oxygens (including phenoxy) is 2. The number of hydrogen-bond acceptors (Lipinski definition) is 7. The van der Waals surface area contributed by atoms with E-state index in [1.807, 2.05) is 0 Å². The Labute approximate surface area is 156 Å². The number of rotatable bonds is 5. The smallest absolute Gasteiger partial charge is 0.334 e. The van der Waals surface area contributed by atoms with Gasteiger partial charge in [0.15, 0.2) is 6.10 Å². The van der Waals surface area contributed by atoms with E-state index in [0.717, 1.165) is 35.9 Å². The van der Waals surface area contributed by atoms with Crippen LogP contribution >= 0.6 is 11.3 Å². The first kappa shape index (κ1) is 17.7. The van der Waals surface area contributed by atoms with Crippen LogP contribution in [0, 0.1) is 0 Å². The van der Waals surface area contributed by atoms with Gasteiger partial charge in [0.1, 0.15) is 17.3 Å². The van der Waals surface area contributed by atoms with Gasteiger partial charge in [0.25, 0.3) is 0 Å². The average molecular weight is 376 g/mol. The van der Waals surface area contributed by atoms with Gasteiger partial charge in [0, 0.05) is 4.88 Å². The van der Waals surface area contributed by atoms with Crippen molar-refractivity contribution in [2.75, 3.05) is 7.11 Å². The van der Waals surface area contributed by atoms with E-state index in [1.165, 1.54) is 36.8 Å². The van der Waals surface area contributed by atoms with Crippen molar-refractivity contribution in [2.24, 2.45) is 0 Å². The number of carbonyl (C=O) groups is 1. The maximum atomic E-state index is 11.6. The van der Waals surface area contributed by atoms with Gasteiger partial charge in [-0.1, -0.05) is 6.42 Å². The molecule has 0 bridgehead atoms. The summed E-state index contributed by atoms with van der Waals surface area (Å²) in [6, 6.07) is 0. The van der Waals surface area contributed by atoms with Gasteiger partial charge in [-0.05, 0) is 56.4 Å². The summed E-state index contributed by atoms with van der Waals surface area (Å²) in [6.07, 6.45) is 8.75. The zero-order chi connectivity index (χ0) is 18.1. The average Bonchev–Trinajstić information content (AvgIpc) is 3.22. The fraction of sp³-hybridized carbons (Fsp3) is 0.632. The van der Waals surface area contributed by atoms with Gasteiger partial charge in [0.05, 0.1) is 12.5 Å². The lowest BCUT2D eigenvalue weighted by Gasteiger charge is -2.23. The molecule has 4 rings (SSSR count). The van der Waals surface area contributed by atoms with E-state index >= 15 is 0 Å². The van der Waals surface area contributed by atoms with Crippen molar-refractivity contribution in [1.29, 1.82) is 0 Å². The van der Waals surface area contributed by atoms with Crippen molar-refractivity contribution in [2.45, 2.75) is 69.5 Å². The minimum atomic E-state index is -1.10. The highest BCUT2D eigenvalue weighted by molar-refractivity contribution is 7.19. The number of fused-ring (bicyclic) bond motifs is 3. The van der Waals surface area contributed by atoms with Crippen LogP contribution in [0.2, 0.25) is 0 Å². The third kappa shape index (κ3) is 3.30. The first-order valence-electron chi connectivity index (χ1n) is 9.36. The summed E-state index contributed by atoms with van der Waals surface area (Å²) in [5, 5.41) is 11.1. The Bertz CT molecular complexity index is 800. The molecular weight excluding hydrogens is 352 g/mol. The van der Waals surface area contributed by atoms with Crippen LogP contribution in [0.4, 0.5) is 0 Å². The largest absolute Gasteiger partial charge is 0.474 e. The number of esters is 1. The van der Waals surface area contributed by atoms with Crippen LogP contribution in [-0.2, 0) is 16.0 Å². The second-order valence-corrected chi connectivity index (χ2v) is 8.27. The molecule has 2 aliphatic carbocycles. The molecule has 140 valence electrons. The third-order valence-electron chi connectivity index (χ3n) is 5.51. The second-order valence-electron chi connectivity index (χ2n) is 7.19. The number of hydrogen-bond donors (Lipinski definition) is 1. The van der Waals surface area contributed by atoms with Gasteiger partial charge in [-0.2, -0.15) is 0 Å². The number of aromatic nitrogens is 2. The Hall–Kier alpha value is -1.73. The van der Waals surface area contributed by atoms with Crippen LogP contribution in [0.3, 0.4) is 0 Å². The number of carbonyl (C=O) groups excluding carboxylic acids is 1. The highest BCUT2D eigenvalue weighted by Gasteiger charge is 2.33. The first-order valence-corrected chi connectivity index (χ1v) is 10.2. The van der Waals surface area contributed by atoms with Crippen LogP contribution in [0.5, 0.6) is 5.88 Å². The molecule has 7 heteroatoms. The van der Waals surface area contributed by atoms with Crippen molar-refractivity contribution in [3.8, 4) is 5.88 Å². The van der Waals surface area contributed by atoms with Gasteiger partial charge in [0.2, 0.25) is 5.88 Å². The highest BCUT2D eigenvalue weighted by atomic mass is 32.1. The van der Waals surface area contributed by atoms with Crippen molar-refractivity contribution >= 4 is 27.5 Å². The number of nitrogens with zero attached hydrogens (tertiary/aromatic N) is 2. The van der Waals surface area contributed by atoms with Crippen LogP contribution < -0.4 is 4.74 Å². The fourth-order valence-corrected chi connectivity index (χ4v) is 5.44. The molecule has 1 fully saturated rings. The normalized spacial score (nSPS) is 21.5. The summed E-state index contributed by atoms with van der Waals surface area (Å²) >= 11 is 1.68. The monoisotopic (exact) mass is 376 g/mol. The molecule has 26 heavy (non-hydrogen) atoms. The molecule has 0 radical (unpaired) electrons. The van der Waals surface area contributed by atoms with Crippen molar-refractivity contribution < 1.29 is 19.4 Å². The maximum absolute atomic E-state index is 11.6. The molecule has 1 saturated carbocycles. The Balaban J connectivity index is 1.65. The minimum Gasteiger partial charge on any atom is -0.474 e. The SMILES string of the molecule is COC(=O)C(O)C[C@H]1CCc2sc3ncnc(OC4CCCCC4)c3c21. The zero-order valence-electron chi connectivity index (χ0n) is 14.9. The van der Waals surface area contributed by atoms with E-state index in [2.05, 4.69) is 14.7 Å². The quantitative estimate of drug-likeness (QED) is 0.806. The Morgan fingerprint density at radius 3 is 2.88 bits per heavy atom. The molecule has 0 amide bonds. The highest BCUT2D eigenvalue weighted by Crippen LogP contribution is 2.47. The van der Waals surface area contributed by atoms with Gasteiger partial charge < -0.3 is 14.6 Å². The van der Waals surface area contributed by atoms with Crippen LogP contribution in [0.1, 0.15) is 61.3 Å². The van der Waals surface area contributed by atoms with Crippen molar-refractivity contribution in [1.82, 2.24) is 9.97 Å². The lowest BCUT2D eigenvalue weighted by Crippen LogP contribution is -2.23. The van der Waals surface area contributed by atoms with E-state index in [9.17, 15) is 9.90 Å². The molecule has 1 N–H and O–H groups in total. The van der Waals surface area contributed by atoms with E-state index in [1.54, 1.807) is 17.7 Å². The van der Waals surface area contributed by atoms with Gasteiger partial charge >= 0.3 is 5.97 Å². The maximum Gasteiger partial charge on any atom is 0.334 e. The summed E-state index contributed by atoms with van der Waals surface area (Å²) in [5.41, 5.74) is 1.17. The molecule has 0 spiro atoms. The summed E-state index contributed by atoms with van der Waals surface area (Å²) < 4.78 is 10.9. The number of aliphatic hydroxyl groups excluding tert-OH is 1. The minimum absolute atomic E-state index is 0.104. The molecule has 2 aromatic heterocycles. The zero-order valence-corrected chi connectivity index (χ0v) is 15.8. The first-order chi connectivity index (χ1) is 12.7. The lowest BCUT2D eigenvalue weighted by atomic mass is 9.94. The number of methoxy groups -OCH3 is 1. The molecule has 0 aromatic carbocycles. The second kappa shape index (κ2) is 7.48. The summed E-state index contributed by atoms with van der Waals surface area (Å²) in [6.45, 7) is 0. The van der Waals surface area contributed by atoms with Crippen molar-refractivity contribution in [3.05, 3.63) is 16.8 Å². The summed E-state index contributed by atoms with van der Waals surface area (Å²) in [7, 11) is 1.30. The summed E-state index contributed by atoms with van der Waals surface area (Å²) in [4.78, 5) is 22.7. The van der Waals surface area contributed by atoms with E-state index in [4.69, 9.17) is 4.74 Å². The van der Waals surface area contributed by atoms with Gasteiger partial charge in [-0.3, -0.25) is 0 Å². The topological polar surface area (TPSA) is 81.5 Å². The van der Waals surface area contributed by atoms with E-state index in [-0.39, 0.29) is 12.0 Å². The number of aryl methyl sites for hydroxylation is 1. The molecule has 6 nitrogen and oxygen atoms in total. The standard InChI is InChI=1S/C19H24N2O4S/c1-24-19(23)13(22)9-11-7-8-14-15(11)16-17(20-10-21-18(16)26-14)25-12-5-3-2-4-6-12/h10-13,22H,2-9H2,1H3/t11-,13?/m1/s1. The Morgan fingerprint density at radius 1 is 1.31 bits per heavy atom. The van der Waals surface area contributed by atoms with E-state index in [0.29, 0.717) is 12.3 Å². The van der Waals surface area contributed by atoms with Crippen molar-refractivity contribution in [3.63, 3.8) is 0 Å². The molecular formula is C19H24N2O4S. The fourth-order valence-electron chi connectivity index (χ4n) is 4.21. The molecule has 2 aliphatic rings. The number of aliphatic hydroxyl groups is 1. The molecule has 2 aromatic rings. The molecule has 2 atom stereocenters. The predicted octanol–water partition coefficient (Wildman–Crippen LogP) is 3.36. The lowest BCUT2D eigenvalue weighted by molar-refractivity contribution is -0.150. The molecule has 0 saturated heterocycles. The molecule has 0 aliphatic heterocycles. The number of thiophene rings is 1. The van der Waals surface area contributed by atoms with Gasteiger partial charge in [-0.25, -0.2) is 14.8 Å². The van der Waals surface area contributed by atoms with Crippen LogP contribution in [0.25, 0.3) is 10.2 Å². The van der Waals surface area contributed by atoms with Crippen LogP contribution in [0.15, 0.2) is 6.33 Å². The predicted molar refractivity (Wildman–Crippen MR) is 98.6 cm³/mol. The summed E-state index contributed by atoms with van der Waals surface area (Å²) in [5.74, 6) is 0.194. The van der Waals surface area contributed by atoms with E-state index < -0.39 is 12.1 Å². The molecule has 1 unspecified atom stereocenters.